The Hall–Kier alpha value is -5.60. The van der Waals surface area contributed by atoms with Crippen molar-refractivity contribution in [2.75, 3.05) is 19.8 Å². The molecule has 14 bridgehead atoms. The standard InChI is InChI=1S/C78H93N3O7/c1-45-39-76-26-21-49-33-51-41-75(44-83)24-6-5-16-61(75)60(43-82)67(51)64(85)37-58(49)59-38-65(88-56-13-2-3-14-56)71(86)69-57(59)15-10-12-54(34-50-35-66(76)77(40-45)42-63-72(68(50)70(69)77)87-28-27-74(63)22-8-9-23-74)80-73(79)81-78-25-7-4-11-52(78)20-19-48-18-17-46(32-62(48)78)29-47-30-53(76)36-55(84)31-47/h6,17-18,21,24,26,30-32,35-36,38,45,49-52,54,56,58,61,63,68,70,72,82-84,86H,2-5,7-9,11-14,16,19-20,22-23,25,27-29,33-34,37,39-44H2,1H3,(H3,79,80,81). The Balaban J connectivity index is 0.983. The minimum atomic E-state index is -0.724. The van der Waals surface area contributed by atoms with Crippen molar-refractivity contribution in [3.05, 3.63) is 134 Å². The van der Waals surface area contributed by atoms with E-state index in [2.05, 4.69) is 90.9 Å². The number of aliphatic hydroxyl groups excluding tert-OH is 2. The molecule has 3 aromatic carbocycles. The maximum Gasteiger partial charge on any atom is 0.189 e. The van der Waals surface area contributed by atoms with Gasteiger partial charge >= 0.3 is 0 Å². The highest BCUT2D eigenvalue weighted by molar-refractivity contribution is 5.98. The van der Waals surface area contributed by atoms with Crippen molar-refractivity contribution in [1.29, 1.82) is 0 Å². The number of hydrogen-bond acceptors (Lipinski definition) is 10. The van der Waals surface area contributed by atoms with Gasteiger partial charge in [-0.3, -0.25) is 4.79 Å². The first-order valence-corrected chi connectivity index (χ1v) is 35.2. The summed E-state index contributed by atoms with van der Waals surface area (Å²) < 4.78 is 14.9. The maximum absolute atomic E-state index is 16.1. The fourth-order valence-corrected chi connectivity index (χ4v) is 23.9. The average Bonchev–Trinajstić information content (AvgIpc) is 0.915. The van der Waals surface area contributed by atoms with Crippen LogP contribution in [-0.2, 0) is 33.3 Å². The third-order valence-electron chi connectivity index (χ3n) is 27.1. The van der Waals surface area contributed by atoms with Crippen LogP contribution in [0.4, 0.5) is 0 Å². The Morgan fingerprint density at radius 3 is 2.58 bits per heavy atom. The number of rotatable bonds is 4. The molecule has 1 saturated heterocycles. The average molecular weight is 1180 g/mol. The molecule has 88 heavy (non-hydrogen) atoms. The van der Waals surface area contributed by atoms with Crippen molar-refractivity contribution < 1.29 is 34.7 Å². The first kappa shape index (κ1) is 56.4. The summed E-state index contributed by atoms with van der Waals surface area (Å²) in [5, 5.41) is 54.0. The molecule has 16 unspecified atom stereocenters. The van der Waals surface area contributed by atoms with E-state index in [0.717, 1.165) is 142 Å². The highest BCUT2D eigenvalue weighted by atomic mass is 16.5. The first-order valence-electron chi connectivity index (χ1n) is 35.2. The van der Waals surface area contributed by atoms with Gasteiger partial charge in [0.15, 0.2) is 23.2 Å². The lowest BCUT2D eigenvalue weighted by Crippen LogP contribution is -2.63. The van der Waals surface area contributed by atoms with Gasteiger partial charge in [-0.15, -0.1) is 0 Å². The van der Waals surface area contributed by atoms with Crippen molar-refractivity contribution in [3.8, 4) is 29.1 Å². The summed E-state index contributed by atoms with van der Waals surface area (Å²) in [7, 11) is 0. The molecule has 0 aromatic heterocycles. The van der Waals surface area contributed by atoms with Gasteiger partial charge in [-0.2, -0.15) is 0 Å². The van der Waals surface area contributed by atoms with E-state index in [9.17, 15) is 20.4 Å². The predicted octanol–water partition coefficient (Wildman–Crippen LogP) is 13.6. The zero-order chi connectivity index (χ0) is 59.5. The molecule has 17 rings (SSSR count). The van der Waals surface area contributed by atoms with Crippen molar-refractivity contribution in [2.45, 2.75) is 215 Å². The predicted molar refractivity (Wildman–Crippen MR) is 342 cm³/mol. The number of aliphatic imine (C=N–C) groups is 1. The minimum Gasteiger partial charge on any atom is -0.508 e. The van der Waals surface area contributed by atoms with E-state index >= 15 is 4.79 Å². The molecule has 12 aliphatic carbocycles. The Labute approximate surface area is 521 Å². The number of ketones is 1. The van der Waals surface area contributed by atoms with Crippen LogP contribution in [-0.4, -0.2) is 70.2 Å². The van der Waals surface area contributed by atoms with Crippen molar-refractivity contribution in [3.63, 3.8) is 0 Å². The largest absolute Gasteiger partial charge is 0.508 e. The van der Waals surface area contributed by atoms with Gasteiger partial charge in [0.25, 0.3) is 0 Å². The number of phenols is 2. The quantitative estimate of drug-likeness (QED) is 0.110. The smallest absolute Gasteiger partial charge is 0.189 e. The highest BCUT2D eigenvalue weighted by Crippen LogP contribution is 2.76. The fourth-order valence-electron chi connectivity index (χ4n) is 23.9. The molecule has 0 radical (unpaired) electrons. The number of aromatic hydroxyl groups is 2. The maximum atomic E-state index is 16.1. The van der Waals surface area contributed by atoms with E-state index in [1.54, 1.807) is 0 Å². The number of guanidine groups is 1. The minimum absolute atomic E-state index is 0.0435. The molecule has 10 nitrogen and oxygen atoms in total. The van der Waals surface area contributed by atoms with Crippen molar-refractivity contribution >= 4 is 11.7 Å². The number of allylic oxidation sites excluding steroid dienone is 6. The summed E-state index contributed by atoms with van der Waals surface area (Å²) in [5.74, 6) is 9.08. The third kappa shape index (κ3) is 8.42. The van der Waals surface area contributed by atoms with E-state index < -0.39 is 16.2 Å². The second-order valence-corrected chi connectivity index (χ2v) is 31.5. The number of Topliss-reactive ketones (excluding diaryl/α,β-unsaturated/α-hetero) is 1. The lowest BCUT2D eigenvalue weighted by Gasteiger charge is -2.68. The van der Waals surface area contributed by atoms with E-state index in [1.165, 1.54) is 54.4 Å². The molecule has 10 heteroatoms. The van der Waals surface area contributed by atoms with Gasteiger partial charge in [0, 0.05) is 58.3 Å². The van der Waals surface area contributed by atoms with Crippen LogP contribution in [0.1, 0.15) is 217 Å². The Morgan fingerprint density at radius 1 is 0.875 bits per heavy atom. The van der Waals surface area contributed by atoms with Gasteiger partial charge in [0.2, 0.25) is 0 Å². The van der Waals surface area contributed by atoms with Gasteiger partial charge in [-0.1, -0.05) is 105 Å². The van der Waals surface area contributed by atoms with E-state index in [-0.39, 0.29) is 113 Å². The van der Waals surface area contributed by atoms with Crippen LogP contribution in [0.2, 0.25) is 0 Å². The topological polar surface area (TPSA) is 167 Å². The molecule has 7 N–H and O–H groups in total. The summed E-state index contributed by atoms with van der Waals surface area (Å²) in [6, 6.07) is 15.7. The van der Waals surface area contributed by atoms with Crippen molar-refractivity contribution in [2.24, 2.45) is 74.3 Å². The number of aliphatic hydroxyl groups is 2. The van der Waals surface area contributed by atoms with Crippen molar-refractivity contribution in [1.82, 2.24) is 5.32 Å². The van der Waals surface area contributed by atoms with E-state index in [0.29, 0.717) is 55.6 Å². The molecule has 3 aromatic rings. The second kappa shape index (κ2) is 21.0. The number of nitrogens with one attached hydrogen (secondary N) is 1. The number of phenolic OH excluding ortho intramolecular Hbond substituents is 2. The highest BCUT2D eigenvalue weighted by Gasteiger charge is 2.69. The number of hydrogen-bond donors (Lipinski definition) is 6. The Kier molecular flexibility index (Phi) is 13.4. The number of nitrogens with zero attached hydrogens (tertiary/aromatic N) is 1. The summed E-state index contributed by atoms with van der Waals surface area (Å²) >= 11 is 0. The summed E-state index contributed by atoms with van der Waals surface area (Å²) in [6.45, 7) is 2.95. The summed E-state index contributed by atoms with van der Waals surface area (Å²) in [5.41, 5.74) is 17.5. The number of nitrogens with two attached hydrogens (primary N) is 1. The van der Waals surface area contributed by atoms with Crippen LogP contribution < -0.4 is 15.8 Å². The molecule has 14 aliphatic rings. The number of carbonyl (C=O) groups is 1. The SMILES string of the molecule is CC1CC23C=CC4CC5CC6(CO)C=CCCC6C(CO)=C5C(=O)CC4c4cc(OC5CCCC5)c(O)c5c4C#CCC(CC4C=C2C2(C1)CC1C(OCCC16CCCC6)C4C52)N=C(N)NC12CCCCC1CCc1ccc(cc12)Cc1cc(O)cc3c1. The van der Waals surface area contributed by atoms with Crippen LogP contribution >= 0.6 is 0 Å². The van der Waals surface area contributed by atoms with Gasteiger partial charge in [0.1, 0.15) is 5.75 Å². The molecular formula is C78H93N3O7. The van der Waals surface area contributed by atoms with E-state index in [1.807, 2.05) is 6.07 Å². The van der Waals surface area contributed by atoms with Gasteiger partial charge in [-0.25, -0.2) is 4.99 Å². The Morgan fingerprint density at radius 2 is 1.73 bits per heavy atom. The number of ether oxygens (including phenoxy) is 2. The summed E-state index contributed by atoms with van der Waals surface area (Å²) in [4.78, 5) is 21.8. The van der Waals surface area contributed by atoms with Crippen LogP contribution in [0.15, 0.2) is 94.6 Å². The molecule has 462 valence electrons. The third-order valence-corrected chi connectivity index (χ3v) is 27.1. The number of aryl methyl sites for hydroxylation is 1. The summed E-state index contributed by atoms with van der Waals surface area (Å²) in [6.07, 6.45) is 36.4. The molecule has 3 spiro atoms. The molecule has 0 amide bonds. The van der Waals surface area contributed by atoms with Gasteiger partial charge in [-0.05, 0) is 244 Å². The number of benzene rings is 3. The molecule has 16 atom stereocenters. The normalized spacial score (nSPS) is 39.7. The lowest BCUT2D eigenvalue weighted by atomic mass is 9.37. The van der Waals surface area contributed by atoms with Gasteiger partial charge < -0.3 is 41.0 Å². The lowest BCUT2D eigenvalue weighted by molar-refractivity contribution is -0.190. The Bertz CT molecular complexity index is 3610. The molecule has 2 heterocycles. The van der Waals surface area contributed by atoms with Crippen LogP contribution in [0.5, 0.6) is 17.2 Å². The molecular weight excluding hydrogens is 1090 g/mol. The second-order valence-electron chi connectivity index (χ2n) is 31.5. The number of fused-ring (bicyclic) bond motifs is 10. The fraction of sp³-hybridized carbons (Fsp3) is 0.615. The number of carbonyl (C=O) groups excluding carboxylic acids is 1. The van der Waals surface area contributed by atoms with E-state index in [4.69, 9.17) is 20.2 Å². The first-order chi connectivity index (χ1) is 42.8. The molecule has 6 saturated carbocycles. The monoisotopic (exact) mass is 1180 g/mol. The molecule has 2 aliphatic heterocycles. The van der Waals surface area contributed by atoms with Crippen LogP contribution in [0.25, 0.3) is 0 Å². The zero-order valence-electron chi connectivity index (χ0n) is 52.0. The van der Waals surface area contributed by atoms with Crippen LogP contribution in [0.3, 0.4) is 0 Å². The van der Waals surface area contributed by atoms with Crippen LogP contribution in [0, 0.1) is 75.4 Å². The zero-order valence-corrected chi connectivity index (χ0v) is 52.0. The molecule has 7 fully saturated rings. The van der Waals surface area contributed by atoms with Gasteiger partial charge in [0.05, 0.1) is 37.0 Å².